The number of hydrogen-bond donors (Lipinski definition) is 0. The number of allylic oxidation sites excluding steroid dienone is 4. The predicted octanol–water partition coefficient (Wildman–Crippen LogP) is 9.36. The maximum Gasteiger partial charge on any atom is -0.00799 e. The van der Waals surface area contributed by atoms with Crippen LogP contribution < -0.4 is 0 Å². The molecule has 170 valence electrons. The molecule has 3 fully saturated rings. The second-order valence-electron chi connectivity index (χ2n) is 13.3. The van der Waals surface area contributed by atoms with Crippen LogP contribution in [0.4, 0.5) is 0 Å². The van der Waals surface area contributed by atoms with Crippen LogP contribution >= 0.6 is 0 Å². The Bertz CT molecular complexity index is 689. The molecule has 4 rings (SSSR count). The fourth-order valence-electron chi connectivity index (χ4n) is 9.50. The van der Waals surface area contributed by atoms with Gasteiger partial charge < -0.3 is 0 Å². The van der Waals surface area contributed by atoms with Gasteiger partial charge in [-0.2, -0.15) is 0 Å². The van der Waals surface area contributed by atoms with Crippen molar-refractivity contribution in [2.75, 3.05) is 0 Å². The Morgan fingerprint density at radius 3 is 2.53 bits per heavy atom. The SMILES string of the molecule is CC(C)=CCCCC(C)C1CCC2C3CC=C4C(C)(C)CCCC4(C)C3CCC12C. The van der Waals surface area contributed by atoms with Crippen molar-refractivity contribution in [1.82, 2.24) is 0 Å². The maximum atomic E-state index is 2.77. The maximum absolute atomic E-state index is 2.77. The molecule has 0 radical (unpaired) electrons. The van der Waals surface area contributed by atoms with Crippen LogP contribution in [0.5, 0.6) is 0 Å². The summed E-state index contributed by atoms with van der Waals surface area (Å²) >= 11 is 0. The molecule has 0 aromatic rings. The first kappa shape index (κ1) is 22.7. The van der Waals surface area contributed by atoms with Crippen LogP contribution in [0, 0.1) is 45.8 Å². The zero-order valence-electron chi connectivity index (χ0n) is 21.3. The molecule has 30 heavy (non-hydrogen) atoms. The number of fused-ring (bicyclic) bond motifs is 5. The van der Waals surface area contributed by atoms with E-state index in [1.54, 1.807) is 0 Å². The summed E-state index contributed by atoms with van der Waals surface area (Å²) in [6, 6.07) is 0. The van der Waals surface area contributed by atoms with Crippen molar-refractivity contribution in [3.8, 4) is 0 Å². The molecule has 0 heterocycles. The zero-order chi connectivity index (χ0) is 21.7. The van der Waals surface area contributed by atoms with Crippen LogP contribution in [0.15, 0.2) is 23.3 Å². The van der Waals surface area contributed by atoms with Crippen LogP contribution in [0.1, 0.15) is 119 Å². The van der Waals surface area contributed by atoms with E-state index in [0.29, 0.717) is 16.2 Å². The fourth-order valence-corrected chi connectivity index (χ4v) is 9.50. The van der Waals surface area contributed by atoms with Gasteiger partial charge in [-0.3, -0.25) is 0 Å². The monoisotopic (exact) mass is 410 g/mol. The number of unbranched alkanes of at least 4 members (excludes halogenated alkanes) is 1. The Kier molecular flexibility index (Phi) is 6.13. The molecule has 0 amide bonds. The highest BCUT2D eigenvalue weighted by atomic mass is 14.6. The van der Waals surface area contributed by atoms with Crippen LogP contribution in [-0.2, 0) is 0 Å². The van der Waals surface area contributed by atoms with Crippen LogP contribution in [0.3, 0.4) is 0 Å². The molecule has 0 nitrogen and oxygen atoms in total. The number of rotatable bonds is 5. The Hall–Kier alpha value is -0.520. The van der Waals surface area contributed by atoms with E-state index in [0.717, 1.165) is 29.6 Å². The lowest BCUT2D eigenvalue weighted by atomic mass is 9.44. The first-order chi connectivity index (χ1) is 14.1. The molecule has 0 aliphatic heterocycles. The van der Waals surface area contributed by atoms with E-state index in [4.69, 9.17) is 0 Å². The fraction of sp³-hybridized carbons (Fsp3) is 0.867. The molecular formula is C30H50. The third-order valence-electron chi connectivity index (χ3n) is 10.9. The van der Waals surface area contributed by atoms with Crippen molar-refractivity contribution in [3.05, 3.63) is 23.3 Å². The molecular weight excluding hydrogens is 360 g/mol. The summed E-state index contributed by atoms with van der Waals surface area (Å²) in [5.41, 5.74) is 4.89. The normalized spacial score (nSPS) is 43.1. The molecule has 0 heteroatoms. The molecule has 0 bridgehead atoms. The third-order valence-corrected chi connectivity index (χ3v) is 10.9. The Balaban J connectivity index is 1.50. The average Bonchev–Trinajstić information content (AvgIpc) is 3.01. The topological polar surface area (TPSA) is 0 Å². The minimum atomic E-state index is 0.441. The Morgan fingerprint density at radius 1 is 1.03 bits per heavy atom. The second kappa shape index (κ2) is 8.12. The largest absolute Gasteiger partial charge is 0.0859 e. The highest BCUT2D eigenvalue weighted by Crippen LogP contribution is 2.68. The van der Waals surface area contributed by atoms with Crippen molar-refractivity contribution in [3.63, 3.8) is 0 Å². The van der Waals surface area contributed by atoms with Gasteiger partial charge in [-0.05, 0) is 117 Å². The van der Waals surface area contributed by atoms with Gasteiger partial charge in [-0.25, -0.2) is 0 Å². The van der Waals surface area contributed by atoms with Crippen molar-refractivity contribution >= 4 is 0 Å². The molecule has 4 aliphatic rings. The van der Waals surface area contributed by atoms with E-state index in [9.17, 15) is 0 Å². The summed E-state index contributed by atoms with van der Waals surface area (Å²) < 4.78 is 0. The first-order valence-electron chi connectivity index (χ1n) is 13.4. The van der Waals surface area contributed by atoms with Crippen molar-refractivity contribution in [2.24, 2.45) is 45.8 Å². The molecule has 4 aliphatic carbocycles. The van der Waals surface area contributed by atoms with Gasteiger partial charge in [0.25, 0.3) is 0 Å². The summed E-state index contributed by atoms with van der Waals surface area (Å²) in [5.74, 6) is 4.79. The summed E-state index contributed by atoms with van der Waals surface area (Å²) in [5, 5.41) is 0. The van der Waals surface area contributed by atoms with E-state index >= 15 is 0 Å². The number of hydrogen-bond acceptors (Lipinski definition) is 0. The van der Waals surface area contributed by atoms with E-state index in [2.05, 4.69) is 60.6 Å². The van der Waals surface area contributed by atoms with Crippen LogP contribution in [-0.4, -0.2) is 0 Å². The van der Waals surface area contributed by atoms with Gasteiger partial charge in [0.1, 0.15) is 0 Å². The van der Waals surface area contributed by atoms with Crippen molar-refractivity contribution in [2.45, 2.75) is 119 Å². The first-order valence-corrected chi connectivity index (χ1v) is 13.4. The molecule has 0 spiro atoms. The molecule has 3 saturated carbocycles. The van der Waals surface area contributed by atoms with E-state index < -0.39 is 0 Å². The lowest BCUT2D eigenvalue weighted by Gasteiger charge is -2.60. The predicted molar refractivity (Wildman–Crippen MR) is 131 cm³/mol. The quantitative estimate of drug-likeness (QED) is 0.313. The van der Waals surface area contributed by atoms with Crippen LogP contribution in [0.25, 0.3) is 0 Å². The second-order valence-corrected chi connectivity index (χ2v) is 13.3. The highest BCUT2D eigenvalue weighted by Gasteiger charge is 2.60. The van der Waals surface area contributed by atoms with Gasteiger partial charge >= 0.3 is 0 Å². The molecule has 7 unspecified atom stereocenters. The average molecular weight is 411 g/mol. The highest BCUT2D eigenvalue weighted by molar-refractivity contribution is 5.29. The zero-order valence-corrected chi connectivity index (χ0v) is 21.3. The molecule has 7 atom stereocenters. The van der Waals surface area contributed by atoms with Crippen molar-refractivity contribution in [1.29, 1.82) is 0 Å². The van der Waals surface area contributed by atoms with Gasteiger partial charge in [0.05, 0.1) is 0 Å². The van der Waals surface area contributed by atoms with Crippen LogP contribution in [0.2, 0.25) is 0 Å². The molecule has 0 saturated heterocycles. The minimum absolute atomic E-state index is 0.441. The summed E-state index contributed by atoms with van der Waals surface area (Å²) in [4.78, 5) is 0. The Morgan fingerprint density at radius 2 is 1.80 bits per heavy atom. The van der Waals surface area contributed by atoms with Gasteiger partial charge in [-0.1, -0.05) is 70.8 Å². The molecule has 0 aromatic carbocycles. The van der Waals surface area contributed by atoms with Gasteiger partial charge in [0.2, 0.25) is 0 Å². The third kappa shape index (κ3) is 3.67. The van der Waals surface area contributed by atoms with E-state index in [1.807, 2.05) is 5.57 Å². The lowest BCUT2D eigenvalue weighted by molar-refractivity contribution is -0.0579. The Labute approximate surface area is 188 Å². The molecule has 0 aromatic heterocycles. The molecule has 0 N–H and O–H groups in total. The summed E-state index contributed by atoms with van der Waals surface area (Å²) in [6.45, 7) is 17.5. The smallest absolute Gasteiger partial charge is 0.00799 e. The summed E-state index contributed by atoms with van der Waals surface area (Å²) in [6.07, 6.45) is 21.0. The van der Waals surface area contributed by atoms with Gasteiger partial charge in [0, 0.05) is 0 Å². The minimum Gasteiger partial charge on any atom is -0.0859 e. The summed E-state index contributed by atoms with van der Waals surface area (Å²) in [7, 11) is 0. The van der Waals surface area contributed by atoms with E-state index in [-0.39, 0.29) is 0 Å². The van der Waals surface area contributed by atoms with E-state index in [1.165, 1.54) is 76.2 Å². The van der Waals surface area contributed by atoms with Gasteiger partial charge in [-0.15, -0.1) is 0 Å². The lowest BCUT2D eigenvalue weighted by Crippen LogP contribution is -2.52. The standard InChI is InChI=1S/C30H50/c1-21(2)11-8-9-12-22(3)24-14-15-25-23-13-16-27-28(4,5)18-10-19-30(27,7)26(23)17-20-29(24,25)6/h11,16,22-26H,8-10,12-15,17-20H2,1-7H3. The van der Waals surface area contributed by atoms with Crippen molar-refractivity contribution < 1.29 is 0 Å². The van der Waals surface area contributed by atoms with Gasteiger partial charge in [0.15, 0.2) is 0 Å².